The Balaban J connectivity index is 1.52. The molecular weight excluding hydrogens is 400 g/mol. The number of thioether (sulfide) groups is 1. The molecular formula is C18H16N4O4S2. The first kappa shape index (κ1) is 19.8. The molecule has 3 aromatic rings. The van der Waals surface area contributed by atoms with E-state index in [9.17, 15) is 14.4 Å². The molecule has 2 heterocycles. The molecule has 1 atom stereocenters. The van der Waals surface area contributed by atoms with Crippen LogP contribution in [0, 0.1) is 0 Å². The lowest BCUT2D eigenvalue weighted by Crippen LogP contribution is -2.31. The number of carbonyl (C=O) groups is 3. The maximum atomic E-state index is 12.2. The molecule has 8 nitrogen and oxygen atoms in total. The van der Waals surface area contributed by atoms with Crippen molar-refractivity contribution in [3.63, 3.8) is 0 Å². The lowest BCUT2D eigenvalue weighted by atomic mass is 10.3. The summed E-state index contributed by atoms with van der Waals surface area (Å²) in [5.74, 6) is -1.78. The number of nitrogens with zero attached hydrogens (tertiary/aromatic N) is 2. The Morgan fingerprint density at radius 3 is 2.75 bits per heavy atom. The molecule has 3 rings (SSSR count). The van der Waals surface area contributed by atoms with E-state index >= 15 is 0 Å². The minimum absolute atomic E-state index is 0.0177. The number of amides is 2. The topological polar surface area (TPSA) is 124 Å². The van der Waals surface area contributed by atoms with Crippen LogP contribution in [0.5, 0.6) is 0 Å². The number of para-hydroxylation sites is 2. The molecule has 0 aliphatic heterocycles. The van der Waals surface area contributed by atoms with Crippen LogP contribution in [0.2, 0.25) is 0 Å². The van der Waals surface area contributed by atoms with Crippen LogP contribution in [-0.2, 0) is 14.3 Å². The Kier molecular flexibility index (Phi) is 6.22. The average molecular weight is 416 g/mol. The van der Waals surface area contributed by atoms with Crippen molar-refractivity contribution in [3.05, 3.63) is 47.5 Å². The van der Waals surface area contributed by atoms with E-state index in [0.717, 1.165) is 22.4 Å². The zero-order valence-electron chi connectivity index (χ0n) is 14.7. The molecule has 0 fully saturated rings. The molecule has 0 aliphatic carbocycles. The van der Waals surface area contributed by atoms with Crippen molar-refractivity contribution >= 4 is 56.9 Å². The van der Waals surface area contributed by atoms with E-state index < -0.39 is 23.9 Å². The predicted octanol–water partition coefficient (Wildman–Crippen LogP) is 2.45. The summed E-state index contributed by atoms with van der Waals surface area (Å²) in [6.07, 6.45) is 0.553. The van der Waals surface area contributed by atoms with Crippen molar-refractivity contribution < 1.29 is 19.1 Å². The monoisotopic (exact) mass is 416 g/mol. The molecule has 0 aliphatic rings. The van der Waals surface area contributed by atoms with Gasteiger partial charge in [0.1, 0.15) is 10.0 Å². The third-order valence-corrected chi connectivity index (χ3v) is 5.31. The fraction of sp³-hybridized carbons (Fsp3) is 0.167. The molecule has 2 amide bonds. The number of rotatable bonds is 7. The van der Waals surface area contributed by atoms with Crippen LogP contribution < -0.4 is 11.1 Å². The van der Waals surface area contributed by atoms with Crippen LogP contribution in [0.3, 0.4) is 0 Å². The number of nitrogens with one attached hydrogen (secondary N) is 1. The first-order valence-electron chi connectivity index (χ1n) is 8.16. The molecule has 3 N–H and O–H groups in total. The number of hydrogen-bond acceptors (Lipinski definition) is 8. The third-order valence-electron chi connectivity index (χ3n) is 3.61. The van der Waals surface area contributed by atoms with Gasteiger partial charge in [-0.25, -0.2) is 4.98 Å². The van der Waals surface area contributed by atoms with E-state index in [1.54, 1.807) is 11.6 Å². The second-order valence-corrected chi connectivity index (χ2v) is 7.55. The Morgan fingerprint density at radius 2 is 2.00 bits per heavy atom. The van der Waals surface area contributed by atoms with Crippen LogP contribution >= 0.6 is 23.1 Å². The number of fused-ring (bicyclic) bond motifs is 1. The van der Waals surface area contributed by atoms with Gasteiger partial charge in [-0.05, 0) is 30.5 Å². The second kappa shape index (κ2) is 8.81. The molecule has 0 saturated heterocycles. The minimum Gasteiger partial charge on any atom is -0.452 e. The van der Waals surface area contributed by atoms with Gasteiger partial charge < -0.3 is 15.8 Å². The molecule has 1 unspecified atom stereocenters. The van der Waals surface area contributed by atoms with Gasteiger partial charge in [0.25, 0.3) is 11.8 Å². The number of ether oxygens (including phenoxy) is 1. The van der Waals surface area contributed by atoms with Crippen LogP contribution in [0.15, 0.2) is 46.9 Å². The molecule has 2 aromatic heterocycles. The van der Waals surface area contributed by atoms with Crippen LogP contribution in [0.25, 0.3) is 11.0 Å². The van der Waals surface area contributed by atoms with Gasteiger partial charge in [0.05, 0.1) is 28.5 Å². The van der Waals surface area contributed by atoms with E-state index in [4.69, 9.17) is 10.5 Å². The number of nitrogens with two attached hydrogens (primary N) is 1. The van der Waals surface area contributed by atoms with Crippen molar-refractivity contribution in [1.29, 1.82) is 0 Å². The number of aromatic nitrogens is 2. The molecule has 0 bridgehead atoms. The molecule has 10 heteroatoms. The number of esters is 1. The SMILES string of the molecule is CC(OC(=O)CSc1cnc2ccccc2n1)C(=O)Nc1sccc1C(N)=O. The summed E-state index contributed by atoms with van der Waals surface area (Å²) < 4.78 is 5.14. The highest BCUT2D eigenvalue weighted by molar-refractivity contribution is 7.99. The quantitative estimate of drug-likeness (QED) is 0.448. The molecule has 0 saturated carbocycles. The van der Waals surface area contributed by atoms with E-state index in [0.29, 0.717) is 10.0 Å². The van der Waals surface area contributed by atoms with Crippen LogP contribution in [0.1, 0.15) is 17.3 Å². The van der Waals surface area contributed by atoms with E-state index in [2.05, 4.69) is 15.3 Å². The summed E-state index contributed by atoms with van der Waals surface area (Å²) in [7, 11) is 0. The standard InChI is InChI=1S/C18H16N4O4S2/c1-10(17(25)22-18-11(16(19)24)6-7-27-18)26-15(23)9-28-14-8-20-12-4-2-3-5-13(12)21-14/h2-8,10H,9H2,1H3,(H2,19,24)(H,22,25). The van der Waals surface area contributed by atoms with Gasteiger partial charge in [0.2, 0.25) is 0 Å². The molecule has 0 spiro atoms. The normalized spacial score (nSPS) is 11.8. The number of hydrogen-bond donors (Lipinski definition) is 2. The van der Waals surface area contributed by atoms with Crippen molar-refractivity contribution in [2.75, 3.05) is 11.1 Å². The summed E-state index contributed by atoms with van der Waals surface area (Å²) in [6, 6.07) is 8.93. The fourth-order valence-corrected chi connectivity index (χ4v) is 3.66. The van der Waals surface area contributed by atoms with Gasteiger partial charge >= 0.3 is 5.97 Å². The first-order chi connectivity index (χ1) is 13.4. The zero-order valence-corrected chi connectivity index (χ0v) is 16.4. The Labute approximate surface area is 168 Å². The first-order valence-corrected chi connectivity index (χ1v) is 10.0. The largest absolute Gasteiger partial charge is 0.452 e. The van der Waals surface area contributed by atoms with Crippen molar-refractivity contribution in [2.24, 2.45) is 5.73 Å². The molecule has 0 radical (unpaired) electrons. The van der Waals surface area contributed by atoms with Gasteiger partial charge in [-0.1, -0.05) is 23.9 Å². The van der Waals surface area contributed by atoms with Crippen molar-refractivity contribution in [1.82, 2.24) is 9.97 Å². The average Bonchev–Trinajstić information content (AvgIpc) is 3.14. The van der Waals surface area contributed by atoms with Gasteiger partial charge in [-0.2, -0.15) is 0 Å². The summed E-state index contributed by atoms with van der Waals surface area (Å²) in [5, 5.41) is 5.08. The van der Waals surface area contributed by atoms with Gasteiger partial charge in [0, 0.05) is 0 Å². The number of primary amides is 1. The second-order valence-electron chi connectivity index (χ2n) is 5.63. The summed E-state index contributed by atoms with van der Waals surface area (Å²) in [5.41, 5.74) is 6.95. The van der Waals surface area contributed by atoms with Crippen LogP contribution in [0.4, 0.5) is 5.00 Å². The lowest BCUT2D eigenvalue weighted by Gasteiger charge is -2.13. The minimum atomic E-state index is -1.03. The Bertz CT molecular complexity index is 1040. The van der Waals surface area contributed by atoms with Crippen LogP contribution in [-0.4, -0.2) is 39.6 Å². The van der Waals surface area contributed by atoms with Crippen molar-refractivity contribution in [2.45, 2.75) is 18.1 Å². The molecule has 28 heavy (non-hydrogen) atoms. The molecule has 144 valence electrons. The number of anilines is 1. The maximum absolute atomic E-state index is 12.2. The predicted molar refractivity (Wildman–Crippen MR) is 107 cm³/mol. The summed E-state index contributed by atoms with van der Waals surface area (Å²) >= 11 is 2.33. The van der Waals surface area contributed by atoms with E-state index in [1.807, 2.05) is 24.3 Å². The summed E-state index contributed by atoms with van der Waals surface area (Å²) in [4.78, 5) is 44.2. The zero-order chi connectivity index (χ0) is 20.1. The van der Waals surface area contributed by atoms with E-state index in [1.165, 1.54) is 24.8 Å². The fourth-order valence-electron chi connectivity index (χ4n) is 2.24. The lowest BCUT2D eigenvalue weighted by molar-refractivity contribution is -0.150. The van der Waals surface area contributed by atoms with Gasteiger partial charge in [0.15, 0.2) is 6.10 Å². The highest BCUT2D eigenvalue weighted by Crippen LogP contribution is 2.23. The van der Waals surface area contributed by atoms with Gasteiger partial charge in [-0.3, -0.25) is 19.4 Å². The highest BCUT2D eigenvalue weighted by atomic mass is 32.2. The maximum Gasteiger partial charge on any atom is 0.317 e. The highest BCUT2D eigenvalue weighted by Gasteiger charge is 2.20. The summed E-state index contributed by atoms with van der Waals surface area (Å²) in [6.45, 7) is 1.45. The number of carbonyl (C=O) groups excluding carboxylic acids is 3. The van der Waals surface area contributed by atoms with Gasteiger partial charge in [-0.15, -0.1) is 11.3 Å². The van der Waals surface area contributed by atoms with Crippen molar-refractivity contribution in [3.8, 4) is 0 Å². The van der Waals surface area contributed by atoms with E-state index in [-0.39, 0.29) is 11.3 Å². The number of benzene rings is 1. The smallest absolute Gasteiger partial charge is 0.317 e. The third kappa shape index (κ3) is 4.84. The Morgan fingerprint density at radius 1 is 1.25 bits per heavy atom. The Hall–Kier alpha value is -2.98. The number of thiophene rings is 1. The molecule has 1 aromatic carbocycles.